The molecule has 0 spiro atoms. The van der Waals surface area contributed by atoms with Gasteiger partial charge in [-0.25, -0.2) is 9.59 Å². The molecule has 0 atom stereocenters. The van der Waals surface area contributed by atoms with Crippen molar-refractivity contribution in [3.05, 3.63) is 35.9 Å². The second kappa shape index (κ2) is 7.14. The molecule has 0 aliphatic carbocycles. The number of carbonyl (C=O) groups is 2. The van der Waals surface area contributed by atoms with Gasteiger partial charge in [-0.1, -0.05) is 18.2 Å². The van der Waals surface area contributed by atoms with E-state index in [-0.39, 0.29) is 51.4 Å². The number of hydrogen-bond acceptors (Lipinski definition) is 3. The van der Waals surface area contributed by atoms with E-state index in [0.717, 1.165) is 0 Å². The first-order chi connectivity index (χ1) is 6.20. The maximum atomic E-state index is 11.1. The summed E-state index contributed by atoms with van der Waals surface area (Å²) in [4.78, 5) is 21.1. The smallest absolute Gasteiger partial charge is 0.341 e. The molecule has 0 aromatic heterocycles. The van der Waals surface area contributed by atoms with Crippen LogP contribution in [0, 0.1) is 0 Å². The number of rotatable bonds is 3. The molecule has 0 heterocycles. The molecule has 14 heavy (non-hydrogen) atoms. The van der Waals surface area contributed by atoms with Crippen LogP contribution in [-0.4, -0.2) is 75.0 Å². The van der Waals surface area contributed by atoms with Gasteiger partial charge < -0.3 is 9.84 Å². The Bertz CT molecular complexity index is 310. The quantitative estimate of drug-likeness (QED) is 0.595. The summed E-state index contributed by atoms with van der Waals surface area (Å²) in [5.74, 6) is -1.78. The zero-order valence-corrected chi connectivity index (χ0v) is 10.9. The van der Waals surface area contributed by atoms with E-state index in [9.17, 15) is 9.59 Å². The van der Waals surface area contributed by atoms with Crippen LogP contribution >= 0.6 is 0 Å². The number of esters is 1. The van der Waals surface area contributed by atoms with Gasteiger partial charge in [0.2, 0.25) is 0 Å². The van der Waals surface area contributed by atoms with Crippen molar-refractivity contribution in [1.82, 2.24) is 0 Å². The number of carbonyl (C=O) groups excluding carboxylic acids is 1. The largest absolute Gasteiger partial charge is 0.479 e. The van der Waals surface area contributed by atoms with Crippen molar-refractivity contribution in [2.45, 2.75) is 0 Å². The van der Waals surface area contributed by atoms with Gasteiger partial charge in [0.15, 0.2) is 6.61 Å². The molecule has 0 amide bonds. The van der Waals surface area contributed by atoms with Crippen molar-refractivity contribution in [2.75, 3.05) is 6.61 Å². The molecular weight excluding hydrogens is 211 g/mol. The number of ether oxygens (including phenoxy) is 1. The van der Waals surface area contributed by atoms with Gasteiger partial charge in [-0.05, 0) is 12.1 Å². The third kappa shape index (κ3) is 4.87. The van der Waals surface area contributed by atoms with Gasteiger partial charge in [-0.15, -0.1) is 0 Å². The van der Waals surface area contributed by atoms with E-state index in [2.05, 4.69) is 4.74 Å². The van der Waals surface area contributed by atoms with Gasteiger partial charge in [0, 0.05) is 51.4 Å². The summed E-state index contributed by atoms with van der Waals surface area (Å²) in [6.07, 6.45) is 0. The van der Waals surface area contributed by atoms with E-state index in [1.165, 1.54) is 0 Å². The third-order valence-corrected chi connectivity index (χ3v) is 1.34. The summed E-state index contributed by atoms with van der Waals surface area (Å²) in [6, 6.07) is 8.23. The van der Waals surface area contributed by atoms with Gasteiger partial charge in [0.05, 0.1) is 5.56 Å². The molecule has 0 bridgehead atoms. The summed E-state index contributed by atoms with van der Waals surface area (Å²) in [5, 5.41) is 8.23. The number of carboxylic acids is 1. The molecule has 5 heteroatoms. The van der Waals surface area contributed by atoms with E-state index in [4.69, 9.17) is 5.11 Å². The zero-order valence-electron chi connectivity index (χ0n) is 7.77. The SMILES string of the molecule is O=C(O)COC(=O)c1ccccc1.[K]. The fraction of sp³-hybridized carbons (Fsp3) is 0.111. The number of aliphatic carboxylic acids is 1. The molecule has 0 aliphatic heterocycles. The summed E-state index contributed by atoms with van der Waals surface area (Å²) in [7, 11) is 0. The molecule has 0 saturated carbocycles. The maximum Gasteiger partial charge on any atom is 0.341 e. The van der Waals surface area contributed by atoms with Crippen LogP contribution in [0.3, 0.4) is 0 Å². The Morgan fingerprint density at radius 2 is 1.79 bits per heavy atom. The minimum Gasteiger partial charge on any atom is -0.479 e. The minimum atomic E-state index is -1.16. The molecule has 1 N–H and O–H groups in total. The van der Waals surface area contributed by atoms with E-state index in [0.29, 0.717) is 5.56 Å². The van der Waals surface area contributed by atoms with Crippen molar-refractivity contribution in [3.8, 4) is 0 Å². The van der Waals surface area contributed by atoms with E-state index < -0.39 is 18.5 Å². The molecule has 1 rings (SSSR count). The Morgan fingerprint density at radius 1 is 1.21 bits per heavy atom. The molecule has 0 unspecified atom stereocenters. The second-order valence-electron chi connectivity index (χ2n) is 2.34. The zero-order chi connectivity index (χ0) is 9.68. The van der Waals surface area contributed by atoms with Gasteiger partial charge >= 0.3 is 11.9 Å². The van der Waals surface area contributed by atoms with E-state index in [1.54, 1.807) is 30.3 Å². The van der Waals surface area contributed by atoms with Gasteiger partial charge in [-0.2, -0.15) is 0 Å². The predicted molar refractivity (Wildman–Crippen MR) is 50.1 cm³/mol. The number of carboxylic acid groups (broad SMARTS) is 1. The Balaban J connectivity index is 0.00000169. The Morgan fingerprint density at radius 3 is 2.29 bits per heavy atom. The van der Waals surface area contributed by atoms with E-state index in [1.807, 2.05) is 0 Å². The first-order valence-corrected chi connectivity index (χ1v) is 3.64. The van der Waals surface area contributed by atoms with Gasteiger partial charge in [0.25, 0.3) is 0 Å². The van der Waals surface area contributed by atoms with Crippen LogP contribution in [0.5, 0.6) is 0 Å². The van der Waals surface area contributed by atoms with Crippen LogP contribution < -0.4 is 0 Å². The fourth-order valence-corrected chi connectivity index (χ4v) is 0.785. The molecule has 4 nitrogen and oxygen atoms in total. The molecule has 0 saturated heterocycles. The predicted octanol–water partition coefficient (Wildman–Crippen LogP) is 0.547. The molecule has 1 aromatic carbocycles. The number of benzene rings is 1. The van der Waals surface area contributed by atoms with Crippen molar-refractivity contribution >= 4 is 63.3 Å². The normalized spacial score (nSPS) is 8.57. The van der Waals surface area contributed by atoms with E-state index >= 15 is 0 Å². The minimum absolute atomic E-state index is 0. The molecule has 0 aliphatic rings. The third-order valence-electron chi connectivity index (χ3n) is 1.34. The topological polar surface area (TPSA) is 63.6 Å². The standard InChI is InChI=1S/C9H8O4.K/c10-8(11)6-13-9(12)7-4-2-1-3-5-7;/h1-5H,6H2,(H,10,11);. The summed E-state index contributed by atoms with van der Waals surface area (Å²) >= 11 is 0. The van der Waals surface area contributed by atoms with Crippen LogP contribution in [-0.2, 0) is 9.53 Å². The Labute approximate surface area is 124 Å². The first-order valence-electron chi connectivity index (χ1n) is 3.64. The van der Waals surface area contributed by atoms with Crippen LogP contribution in [0.4, 0.5) is 0 Å². The average Bonchev–Trinajstić information content (AvgIpc) is 2.15. The first kappa shape index (κ1) is 13.8. The Hall–Kier alpha value is -0.204. The number of hydrogen-bond donors (Lipinski definition) is 1. The van der Waals surface area contributed by atoms with Crippen LogP contribution in [0.2, 0.25) is 0 Å². The molecule has 69 valence electrons. The molecule has 1 aromatic rings. The molecule has 0 fully saturated rings. The monoisotopic (exact) mass is 219 g/mol. The molecule has 1 radical (unpaired) electrons. The average molecular weight is 219 g/mol. The van der Waals surface area contributed by atoms with Crippen molar-refractivity contribution in [2.24, 2.45) is 0 Å². The summed E-state index contributed by atoms with van der Waals surface area (Å²) < 4.78 is 4.45. The summed E-state index contributed by atoms with van der Waals surface area (Å²) in [6.45, 7) is -0.603. The fourth-order valence-electron chi connectivity index (χ4n) is 0.785. The van der Waals surface area contributed by atoms with Crippen molar-refractivity contribution in [3.63, 3.8) is 0 Å². The summed E-state index contributed by atoms with van der Waals surface area (Å²) in [5.41, 5.74) is 0.351. The maximum absolute atomic E-state index is 11.1. The van der Waals surface area contributed by atoms with Crippen LogP contribution in [0.25, 0.3) is 0 Å². The molecular formula is C9H8KO4. The van der Waals surface area contributed by atoms with Crippen LogP contribution in [0.15, 0.2) is 30.3 Å². The van der Waals surface area contributed by atoms with Gasteiger partial charge in [0.1, 0.15) is 0 Å². The van der Waals surface area contributed by atoms with Crippen LogP contribution in [0.1, 0.15) is 10.4 Å². The van der Waals surface area contributed by atoms with Crippen molar-refractivity contribution in [1.29, 1.82) is 0 Å². The van der Waals surface area contributed by atoms with Gasteiger partial charge in [-0.3, -0.25) is 0 Å². The van der Waals surface area contributed by atoms with Crippen molar-refractivity contribution < 1.29 is 19.4 Å². The second-order valence-corrected chi connectivity index (χ2v) is 2.34. The Kier molecular flexibility index (Phi) is 7.03.